The molecular formula is C14H28N2O3. The summed E-state index contributed by atoms with van der Waals surface area (Å²) in [6, 6.07) is -0.557. The highest BCUT2D eigenvalue weighted by molar-refractivity contribution is 5.85. The maximum absolute atomic E-state index is 12.3. The third-order valence-electron chi connectivity index (χ3n) is 3.06. The molecule has 0 rings (SSSR count). The molecule has 0 aliphatic carbocycles. The van der Waals surface area contributed by atoms with Gasteiger partial charge in [0.1, 0.15) is 6.54 Å². The van der Waals surface area contributed by atoms with Crippen molar-refractivity contribution in [2.45, 2.75) is 47.1 Å². The van der Waals surface area contributed by atoms with Gasteiger partial charge in [-0.1, -0.05) is 34.1 Å². The van der Waals surface area contributed by atoms with Gasteiger partial charge in [-0.2, -0.15) is 0 Å². The van der Waals surface area contributed by atoms with Gasteiger partial charge in [0.25, 0.3) is 0 Å². The number of nitrogens with two attached hydrogens (primary N) is 1. The number of rotatable bonds is 8. The van der Waals surface area contributed by atoms with Crippen LogP contribution in [0.4, 0.5) is 0 Å². The first kappa shape index (κ1) is 17.9. The SMILES string of the molecule is CCOC(=O)CN(CC(C)C)C(=O)[C@@H](N)C(C)CC. The van der Waals surface area contributed by atoms with Gasteiger partial charge in [-0.15, -0.1) is 0 Å². The highest BCUT2D eigenvalue weighted by Crippen LogP contribution is 2.10. The zero-order chi connectivity index (χ0) is 15.0. The van der Waals surface area contributed by atoms with Gasteiger partial charge in [-0.25, -0.2) is 0 Å². The number of esters is 1. The molecule has 0 aromatic carbocycles. The van der Waals surface area contributed by atoms with Crippen molar-refractivity contribution in [1.29, 1.82) is 0 Å². The van der Waals surface area contributed by atoms with E-state index in [4.69, 9.17) is 10.5 Å². The predicted molar refractivity (Wildman–Crippen MR) is 75.5 cm³/mol. The fraction of sp³-hybridized carbons (Fsp3) is 0.857. The Kier molecular flexibility index (Phi) is 8.39. The van der Waals surface area contributed by atoms with E-state index in [9.17, 15) is 9.59 Å². The minimum Gasteiger partial charge on any atom is -0.465 e. The van der Waals surface area contributed by atoms with Gasteiger partial charge in [0.05, 0.1) is 12.6 Å². The van der Waals surface area contributed by atoms with Crippen molar-refractivity contribution >= 4 is 11.9 Å². The lowest BCUT2D eigenvalue weighted by Gasteiger charge is -2.28. The van der Waals surface area contributed by atoms with Crippen LogP contribution in [-0.2, 0) is 14.3 Å². The van der Waals surface area contributed by atoms with E-state index in [0.717, 1.165) is 6.42 Å². The molecule has 1 unspecified atom stereocenters. The fourth-order valence-corrected chi connectivity index (χ4v) is 1.74. The standard InChI is InChI=1S/C14H28N2O3/c1-6-11(5)13(15)14(18)16(8-10(3)4)9-12(17)19-7-2/h10-11,13H,6-9,15H2,1-5H3/t11?,13-/m0/s1. The van der Waals surface area contributed by atoms with Crippen LogP contribution in [-0.4, -0.2) is 42.5 Å². The Labute approximate surface area is 116 Å². The van der Waals surface area contributed by atoms with Crippen LogP contribution in [0.25, 0.3) is 0 Å². The minimum absolute atomic E-state index is 0.0189. The van der Waals surface area contributed by atoms with E-state index in [0.29, 0.717) is 13.2 Å². The molecule has 0 saturated carbocycles. The Bertz CT molecular complexity index is 292. The number of hydrogen-bond acceptors (Lipinski definition) is 4. The first-order chi connectivity index (χ1) is 8.83. The van der Waals surface area contributed by atoms with E-state index >= 15 is 0 Å². The number of nitrogens with zero attached hydrogens (tertiary/aromatic N) is 1. The molecule has 0 radical (unpaired) electrons. The Morgan fingerprint density at radius 1 is 1.21 bits per heavy atom. The second kappa shape index (κ2) is 8.91. The summed E-state index contributed by atoms with van der Waals surface area (Å²) in [5.41, 5.74) is 5.95. The molecule has 112 valence electrons. The summed E-state index contributed by atoms with van der Waals surface area (Å²) in [7, 11) is 0. The van der Waals surface area contributed by atoms with E-state index in [1.54, 1.807) is 6.92 Å². The average molecular weight is 272 g/mol. The second-order valence-corrected chi connectivity index (χ2v) is 5.33. The molecule has 0 aromatic heterocycles. The van der Waals surface area contributed by atoms with Crippen LogP contribution in [0.2, 0.25) is 0 Å². The summed E-state index contributed by atoms with van der Waals surface area (Å²) in [6.07, 6.45) is 0.835. The van der Waals surface area contributed by atoms with Gasteiger partial charge in [-0.3, -0.25) is 9.59 Å². The number of ether oxygens (including phenoxy) is 1. The van der Waals surface area contributed by atoms with Crippen molar-refractivity contribution in [2.75, 3.05) is 19.7 Å². The fourth-order valence-electron chi connectivity index (χ4n) is 1.74. The van der Waals surface area contributed by atoms with Gasteiger partial charge in [0.2, 0.25) is 5.91 Å². The zero-order valence-electron chi connectivity index (χ0n) is 12.8. The second-order valence-electron chi connectivity index (χ2n) is 5.33. The molecule has 0 aromatic rings. The monoisotopic (exact) mass is 272 g/mol. The summed E-state index contributed by atoms with van der Waals surface area (Å²) in [5.74, 6) is -0.171. The molecule has 0 spiro atoms. The molecule has 0 heterocycles. The van der Waals surface area contributed by atoms with Gasteiger partial charge >= 0.3 is 5.97 Å². The molecule has 1 amide bonds. The first-order valence-corrected chi connectivity index (χ1v) is 7.03. The zero-order valence-corrected chi connectivity index (χ0v) is 12.8. The molecule has 0 saturated heterocycles. The third kappa shape index (κ3) is 6.57. The van der Waals surface area contributed by atoms with Gasteiger partial charge < -0.3 is 15.4 Å². The normalized spacial score (nSPS) is 14.1. The predicted octanol–water partition coefficient (Wildman–Crippen LogP) is 1.41. The molecule has 5 nitrogen and oxygen atoms in total. The molecule has 5 heteroatoms. The quantitative estimate of drug-likeness (QED) is 0.678. The van der Waals surface area contributed by atoms with Crippen molar-refractivity contribution in [2.24, 2.45) is 17.6 Å². The van der Waals surface area contributed by atoms with E-state index in [1.807, 2.05) is 27.7 Å². The van der Waals surface area contributed by atoms with E-state index in [1.165, 1.54) is 4.90 Å². The van der Waals surface area contributed by atoms with Crippen LogP contribution in [0.5, 0.6) is 0 Å². The molecule has 0 aliphatic rings. The lowest BCUT2D eigenvalue weighted by atomic mass is 9.98. The molecule has 0 bridgehead atoms. The van der Waals surface area contributed by atoms with Gasteiger partial charge in [0, 0.05) is 6.54 Å². The van der Waals surface area contributed by atoms with Crippen LogP contribution in [0.1, 0.15) is 41.0 Å². The Hall–Kier alpha value is -1.10. The highest BCUT2D eigenvalue weighted by Gasteiger charge is 2.27. The summed E-state index contributed by atoms with van der Waals surface area (Å²) in [4.78, 5) is 25.4. The summed E-state index contributed by atoms with van der Waals surface area (Å²) in [5, 5.41) is 0. The minimum atomic E-state index is -0.557. The Morgan fingerprint density at radius 3 is 2.21 bits per heavy atom. The van der Waals surface area contributed by atoms with Crippen LogP contribution in [0.3, 0.4) is 0 Å². The molecule has 19 heavy (non-hydrogen) atoms. The molecule has 0 fully saturated rings. The maximum Gasteiger partial charge on any atom is 0.325 e. The van der Waals surface area contributed by atoms with Crippen molar-refractivity contribution in [1.82, 2.24) is 4.90 Å². The lowest BCUT2D eigenvalue weighted by Crippen LogP contribution is -2.50. The number of carbonyl (C=O) groups is 2. The smallest absolute Gasteiger partial charge is 0.325 e. The lowest BCUT2D eigenvalue weighted by molar-refractivity contribution is -0.150. The first-order valence-electron chi connectivity index (χ1n) is 7.03. The molecule has 0 aliphatic heterocycles. The maximum atomic E-state index is 12.3. The topological polar surface area (TPSA) is 72.6 Å². The highest BCUT2D eigenvalue weighted by atomic mass is 16.5. The van der Waals surface area contributed by atoms with Crippen LogP contribution in [0, 0.1) is 11.8 Å². The summed E-state index contributed by atoms with van der Waals surface area (Å²) < 4.78 is 4.90. The largest absolute Gasteiger partial charge is 0.465 e. The average Bonchev–Trinajstić information content (AvgIpc) is 2.35. The van der Waals surface area contributed by atoms with Crippen molar-refractivity contribution in [3.05, 3.63) is 0 Å². The molecule has 2 N–H and O–H groups in total. The van der Waals surface area contributed by atoms with Crippen LogP contribution < -0.4 is 5.73 Å². The van der Waals surface area contributed by atoms with Gasteiger partial charge in [0.15, 0.2) is 0 Å². The van der Waals surface area contributed by atoms with Crippen molar-refractivity contribution in [3.8, 4) is 0 Å². The van der Waals surface area contributed by atoms with E-state index in [-0.39, 0.29) is 30.3 Å². The van der Waals surface area contributed by atoms with Crippen molar-refractivity contribution in [3.63, 3.8) is 0 Å². The summed E-state index contributed by atoms with van der Waals surface area (Å²) >= 11 is 0. The Balaban J connectivity index is 4.73. The van der Waals surface area contributed by atoms with Crippen LogP contribution in [0.15, 0.2) is 0 Å². The van der Waals surface area contributed by atoms with Gasteiger partial charge in [-0.05, 0) is 18.8 Å². The van der Waals surface area contributed by atoms with E-state index < -0.39 is 6.04 Å². The number of amides is 1. The number of hydrogen-bond donors (Lipinski definition) is 1. The van der Waals surface area contributed by atoms with Crippen LogP contribution >= 0.6 is 0 Å². The van der Waals surface area contributed by atoms with Crippen molar-refractivity contribution < 1.29 is 14.3 Å². The van der Waals surface area contributed by atoms with E-state index in [2.05, 4.69) is 0 Å². The Morgan fingerprint density at radius 2 is 1.79 bits per heavy atom. The molecule has 2 atom stereocenters. The molecular weight excluding hydrogens is 244 g/mol. The number of carbonyl (C=O) groups excluding carboxylic acids is 2. The summed E-state index contributed by atoms with van der Waals surface area (Å²) in [6.45, 7) is 10.5. The third-order valence-corrected chi connectivity index (χ3v) is 3.06.